The molecule has 5 rings (SSSR count). The first-order valence-corrected chi connectivity index (χ1v) is 7.54. The highest BCUT2D eigenvalue weighted by molar-refractivity contribution is 5.78. The Balaban J connectivity index is 2.03. The predicted molar refractivity (Wildman–Crippen MR) is 82.9 cm³/mol. The quantitative estimate of drug-likeness (QED) is 0.486. The van der Waals surface area contributed by atoms with Crippen molar-refractivity contribution in [1.29, 1.82) is 0 Å². The standard InChI is InChI=1S/C18H15NO4/c1-23-18(20)16-14-10-6-2-4-8-12(10)15(17(16)19(21)22)13-9-5-3-7-11(13)14/h2-9,14-17H,1H3. The van der Waals surface area contributed by atoms with Crippen molar-refractivity contribution in [2.75, 3.05) is 7.11 Å². The molecule has 23 heavy (non-hydrogen) atoms. The molecule has 0 spiro atoms. The lowest BCUT2D eigenvalue weighted by Gasteiger charge is -2.45. The molecule has 0 N–H and O–H groups in total. The monoisotopic (exact) mass is 309 g/mol. The maximum Gasteiger partial charge on any atom is 0.316 e. The second-order valence-corrected chi connectivity index (χ2v) is 6.04. The second-order valence-electron chi connectivity index (χ2n) is 6.04. The lowest BCUT2D eigenvalue weighted by atomic mass is 9.57. The molecule has 3 aliphatic rings. The van der Waals surface area contributed by atoms with Crippen LogP contribution in [0, 0.1) is 16.0 Å². The van der Waals surface area contributed by atoms with E-state index in [2.05, 4.69) is 0 Å². The number of nitrogens with zero attached hydrogens (tertiary/aromatic N) is 1. The Morgan fingerprint density at radius 1 is 0.957 bits per heavy atom. The van der Waals surface area contributed by atoms with E-state index in [1.807, 2.05) is 48.5 Å². The predicted octanol–water partition coefficient (Wildman–Crippen LogP) is 2.71. The van der Waals surface area contributed by atoms with Gasteiger partial charge in [-0.05, 0) is 22.3 Å². The van der Waals surface area contributed by atoms with Gasteiger partial charge in [0.2, 0.25) is 6.04 Å². The van der Waals surface area contributed by atoms with Crippen LogP contribution in [0.5, 0.6) is 0 Å². The highest BCUT2D eigenvalue weighted by atomic mass is 16.6. The van der Waals surface area contributed by atoms with Crippen molar-refractivity contribution in [3.05, 3.63) is 80.9 Å². The largest absolute Gasteiger partial charge is 0.469 e. The van der Waals surface area contributed by atoms with Crippen LogP contribution in [-0.2, 0) is 9.53 Å². The van der Waals surface area contributed by atoms with Gasteiger partial charge in [-0.3, -0.25) is 14.9 Å². The summed E-state index contributed by atoms with van der Waals surface area (Å²) in [5, 5.41) is 11.8. The van der Waals surface area contributed by atoms with E-state index in [1.165, 1.54) is 7.11 Å². The Hall–Kier alpha value is -2.69. The molecule has 2 aromatic carbocycles. The first kappa shape index (κ1) is 13.9. The molecule has 2 aromatic rings. The highest BCUT2D eigenvalue weighted by Crippen LogP contribution is 2.56. The molecular formula is C18H15NO4. The molecule has 0 aromatic heterocycles. The Morgan fingerprint density at radius 3 is 1.78 bits per heavy atom. The van der Waals surface area contributed by atoms with E-state index in [9.17, 15) is 14.9 Å². The fourth-order valence-corrected chi connectivity index (χ4v) is 4.31. The molecule has 5 heteroatoms. The highest BCUT2D eigenvalue weighted by Gasteiger charge is 2.58. The number of nitro groups is 1. The van der Waals surface area contributed by atoms with Crippen molar-refractivity contribution in [2.24, 2.45) is 5.92 Å². The summed E-state index contributed by atoms with van der Waals surface area (Å²) in [5.74, 6) is -2.03. The number of ether oxygens (including phenoxy) is 1. The Bertz CT molecular complexity index is 769. The molecule has 0 saturated heterocycles. The Kier molecular flexibility index (Phi) is 2.98. The number of esters is 1. The van der Waals surface area contributed by atoms with E-state index in [-0.39, 0.29) is 10.8 Å². The van der Waals surface area contributed by atoms with E-state index in [0.29, 0.717) is 0 Å². The van der Waals surface area contributed by atoms with Gasteiger partial charge in [0.25, 0.3) is 0 Å². The summed E-state index contributed by atoms with van der Waals surface area (Å²) >= 11 is 0. The van der Waals surface area contributed by atoms with Gasteiger partial charge in [-0.2, -0.15) is 0 Å². The average Bonchev–Trinajstić information content (AvgIpc) is 2.60. The molecule has 2 atom stereocenters. The molecule has 116 valence electrons. The number of hydrogen-bond acceptors (Lipinski definition) is 4. The van der Waals surface area contributed by atoms with Gasteiger partial charge in [0.1, 0.15) is 5.92 Å². The van der Waals surface area contributed by atoms with Gasteiger partial charge in [-0.1, -0.05) is 48.5 Å². The minimum atomic E-state index is -0.989. The summed E-state index contributed by atoms with van der Waals surface area (Å²) in [7, 11) is 1.29. The van der Waals surface area contributed by atoms with Crippen LogP contribution in [0.25, 0.3) is 0 Å². The molecule has 2 unspecified atom stereocenters. The van der Waals surface area contributed by atoms with E-state index >= 15 is 0 Å². The summed E-state index contributed by atoms with van der Waals surface area (Å²) < 4.78 is 4.91. The molecule has 5 nitrogen and oxygen atoms in total. The Morgan fingerprint density at radius 2 is 1.39 bits per heavy atom. The van der Waals surface area contributed by atoms with Gasteiger partial charge >= 0.3 is 5.97 Å². The summed E-state index contributed by atoms with van der Waals surface area (Å²) in [6, 6.07) is 14.4. The number of rotatable bonds is 2. The van der Waals surface area contributed by atoms with E-state index in [1.54, 1.807) is 0 Å². The van der Waals surface area contributed by atoms with E-state index < -0.39 is 23.8 Å². The third-order valence-electron chi connectivity index (χ3n) is 5.12. The SMILES string of the molecule is COC(=O)C1C2c3ccccc3C(c3ccccc32)C1[N+](=O)[O-]. The van der Waals surface area contributed by atoms with Crippen molar-refractivity contribution in [3.63, 3.8) is 0 Å². The van der Waals surface area contributed by atoms with Crippen molar-refractivity contribution in [3.8, 4) is 0 Å². The van der Waals surface area contributed by atoms with Crippen LogP contribution in [0.1, 0.15) is 34.1 Å². The van der Waals surface area contributed by atoms with Crippen molar-refractivity contribution < 1.29 is 14.5 Å². The summed E-state index contributed by atoms with van der Waals surface area (Å²) in [4.78, 5) is 23.8. The normalized spacial score (nSPS) is 27.0. The summed E-state index contributed by atoms with van der Waals surface area (Å²) in [6.45, 7) is 0. The molecule has 0 fully saturated rings. The zero-order valence-corrected chi connectivity index (χ0v) is 12.5. The summed E-state index contributed by atoms with van der Waals surface area (Å²) in [6.07, 6.45) is 0. The van der Waals surface area contributed by atoms with Crippen molar-refractivity contribution >= 4 is 5.97 Å². The van der Waals surface area contributed by atoms with Crippen LogP contribution in [0.3, 0.4) is 0 Å². The molecule has 0 aliphatic heterocycles. The average molecular weight is 309 g/mol. The molecule has 0 radical (unpaired) electrons. The topological polar surface area (TPSA) is 69.4 Å². The fraction of sp³-hybridized carbons (Fsp3) is 0.278. The smallest absolute Gasteiger partial charge is 0.316 e. The zero-order valence-electron chi connectivity index (χ0n) is 12.5. The van der Waals surface area contributed by atoms with Gasteiger partial charge in [-0.25, -0.2) is 0 Å². The maximum atomic E-state index is 12.4. The molecule has 0 amide bonds. The second kappa shape index (κ2) is 4.91. The number of carbonyl (C=O) groups excluding carboxylic acids is 1. The maximum absolute atomic E-state index is 12.4. The zero-order chi connectivity index (χ0) is 16.1. The van der Waals surface area contributed by atoms with Gasteiger partial charge < -0.3 is 4.74 Å². The van der Waals surface area contributed by atoms with Gasteiger partial charge in [-0.15, -0.1) is 0 Å². The fourth-order valence-electron chi connectivity index (χ4n) is 4.31. The van der Waals surface area contributed by atoms with Crippen LogP contribution in [-0.4, -0.2) is 24.0 Å². The molecule has 0 saturated carbocycles. The molecular weight excluding hydrogens is 294 g/mol. The van der Waals surface area contributed by atoms with Crippen molar-refractivity contribution in [1.82, 2.24) is 0 Å². The minimum Gasteiger partial charge on any atom is -0.469 e. The first-order chi connectivity index (χ1) is 11.1. The van der Waals surface area contributed by atoms with Crippen LogP contribution >= 0.6 is 0 Å². The van der Waals surface area contributed by atoms with Crippen LogP contribution in [0.2, 0.25) is 0 Å². The minimum absolute atomic E-state index is 0.314. The number of carbonyl (C=O) groups is 1. The molecule has 0 heterocycles. The third-order valence-corrected chi connectivity index (χ3v) is 5.12. The van der Waals surface area contributed by atoms with Gasteiger partial charge in [0.05, 0.1) is 13.0 Å². The lowest BCUT2D eigenvalue weighted by molar-refractivity contribution is -0.535. The van der Waals surface area contributed by atoms with Crippen molar-refractivity contribution in [2.45, 2.75) is 17.9 Å². The Labute approximate surface area is 133 Å². The molecule has 3 aliphatic carbocycles. The number of hydrogen-bond donors (Lipinski definition) is 0. The summed E-state index contributed by atoms with van der Waals surface area (Å²) in [5.41, 5.74) is 3.92. The van der Waals surface area contributed by atoms with E-state index in [4.69, 9.17) is 4.74 Å². The van der Waals surface area contributed by atoms with Gasteiger partial charge in [0.15, 0.2) is 0 Å². The van der Waals surface area contributed by atoms with Crippen LogP contribution in [0.15, 0.2) is 48.5 Å². The van der Waals surface area contributed by atoms with Crippen LogP contribution in [0.4, 0.5) is 0 Å². The number of benzene rings is 2. The number of methoxy groups -OCH3 is 1. The third kappa shape index (κ3) is 1.76. The lowest BCUT2D eigenvalue weighted by Crippen LogP contribution is -2.51. The van der Waals surface area contributed by atoms with Gasteiger partial charge in [0, 0.05) is 10.8 Å². The van der Waals surface area contributed by atoms with Crippen LogP contribution < -0.4 is 0 Å². The first-order valence-electron chi connectivity index (χ1n) is 7.54. The number of fused-ring (bicyclic) bond motifs is 1. The van der Waals surface area contributed by atoms with E-state index in [0.717, 1.165) is 22.3 Å². The molecule has 2 bridgehead atoms.